The average Bonchev–Trinajstić information content (AvgIpc) is 3.19. The van der Waals surface area contributed by atoms with Gasteiger partial charge < -0.3 is 14.1 Å². The van der Waals surface area contributed by atoms with E-state index in [-0.39, 0.29) is 23.4 Å². The molecule has 3 rings (SSSR count). The lowest BCUT2D eigenvalue weighted by Crippen LogP contribution is -2.43. The molecule has 1 amide bonds. The molecule has 0 unspecified atom stereocenters. The first-order valence-electron chi connectivity index (χ1n) is 9.85. The molecule has 0 aliphatic carbocycles. The Morgan fingerprint density at radius 2 is 2.00 bits per heavy atom. The van der Waals surface area contributed by atoms with Gasteiger partial charge in [-0.25, -0.2) is 0 Å². The number of benzene rings is 1. The molecule has 2 aromatic rings. The fraction of sp³-hybridized carbons (Fsp3) is 0.524. The highest BCUT2D eigenvalue weighted by atomic mass is 32.2. The monoisotopic (exact) mass is 417 g/mol. The third-order valence-electron chi connectivity index (χ3n) is 5.16. The summed E-state index contributed by atoms with van der Waals surface area (Å²) in [6.07, 6.45) is 2.28. The number of hydrogen-bond donors (Lipinski definition) is 0. The molecule has 2 heterocycles. The Labute approximate surface area is 175 Å². The van der Waals surface area contributed by atoms with Gasteiger partial charge in [-0.1, -0.05) is 18.7 Å². The molecule has 29 heavy (non-hydrogen) atoms. The van der Waals surface area contributed by atoms with Crippen molar-refractivity contribution < 1.29 is 18.7 Å². The first-order valence-corrected chi connectivity index (χ1v) is 10.8. The number of likely N-dealkylation sites (tertiary alicyclic amines) is 1. The molecule has 1 saturated heterocycles. The SMILES string of the molecule is CCc1nnc(SCC(=O)N2CCC[C@H](C(=O)c3cc(C)c(OC)c(C)c3)C2)o1. The zero-order valence-electron chi connectivity index (χ0n) is 17.4. The van der Waals surface area contributed by atoms with E-state index in [9.17, 15) is 9.59 Å². The minimum Gasteiger partial charge on any atom is -0.496 e. The molecular formula is C21H27N3O4S. The summed E-state index contributed by atoms with van der Waals surface area (Å²) in [6, 6.07) is 3.76. The molecule has 1 aliphatic heterocycles. The van der Waals surface area contributed by atoms with Crippen LogP contribution in [-0.2, 0) is 11.2 Å². The van der Waals surface area contributed by atoms with E-state index in [0.29, 0.717) is 36.2 Å². The summed E-state index contributed by atoms with van der Waals surface area (Å²) in [4.78, 5) is 27.5. The number of nitrogens with zero attached hydrogens (tertiary/aromatic N) is 3. The predicted octanol–water partition coefficient (Wildman–Crippen LogP) is 3.47. The fourth-order valence-electron chi connectivity index (χ4n) is 3.72. The fourth-order valence-corrected chi connectivity index (χ4v) is 4.41. The van der Waals surface area contributed by atoms with Gasteiger partial charge in [-0.05, 0) is 49.9 Å². The van der Waals surface area contributed by atoms with E-state index in [1.54, 1.807) is 12.0 Å². The predicted molar refractivity (Wildman–Crippen MR) is 111 cm³/mol. The number of Topliss-reactive ketones (excluding diaryl/α,β-unsaturated/α-hetero) is 1. The second kappa shape index (κ2) is 9.43. The highest BCUT2D eigenvalue weighted by Crippen LogP contribution is 2.28. The molecule has 0 N–H and O–H groups in total. The molecule has 0 spiro atoms. The van der Waals surface area contributed by atoms with E-state index in [0.717, 1.165) is 29.7 Å². The van der Waals surface area contributed by atoms with Gasteiger partial charge in [0.25, 0.3) is 5.22 Å². The Kier molecular flexibility index (Phi) is 6.95. The van der Waals surface area contributed by atoms with Crippen molar-refractivity contribution in [2.75, 3.05) is 26.0 Å². The number of methoxy groups -OCH3 is 1. The summed E-state index contributed by atoms with van der Waals surface area (Å²) in [6.45, 7) is 6.94. The van der Waals surface area contributed by atoms with Crippen LogP contribution in [-0.4, -0.2) is 52.7 Å². The number of thioether (sulfide) groups is 1. The zero-order chi connectivity index (χ0) is 21.0. The highest BCUT2D eigenvalue weighted by Gasteiger charge is 2.29. The number of amides is 1. The molecule has 1 aromatic heterocycles. The molecule has 156 valence electrons. The van der Waals surface area contributed by atoms with Gasteiger partial charge in [0.2, 0.25) is 11.8 Å². The van der Waals surface area contributed by atoms with E-state index in [1.165, 1.54) is 11.8 Å². The van der Waals surface area contributed by atoms with E-state index in [1.807, 2.05) is 32.9 Å². The Bertz CT molecular complexity index is 873. The normalized spacial score (nSPS) is 16.7. The number of rotatable bonds is 7. The van der Waals surface area contributed by atoms with Crippen molar-refractivity contribution in [2.24, 2.45) is 5.92 Å². The van der Waals surface area contributed by atoms with Gasteiger partial charge in [0.15, 0.2) is 5.78 Å². The zero-order valence-corrected chi connectivity index (χ0v) is 18.2. The lowest BCUT2D eigenvalue weighted by atomic mass is 9.88. The summed E-state index contributed by atoms with van der Waals surface area (Å²) in [5.74, 6) is 1.51. The number of carbonyl (C=O) groups is 2. The van der Waals surface area contributed by atoms with Crippen LogP contribution in [0.1, 0.15) is 47.1 Å². The molecule has 1 aliphatic rings. The van der Waals surface area contributed by atoms with Crippen LogP contribution < -0.4 is 4.74 Å². The number of aromatic nitrogens is 2. The lowest BCUT2D eigenvalue weighted by molar-refractivity contribution is -0.129. The van der Waals surface area contributed by atoms with Crippen molar-refractivity contribution in [1.82, 2.24) is 15.1 Å². The van der Waals surface area contributed by atoms with Crippen LogP contribution in [0, 0.1) is 19.8 Å². The van der Waals surface area contributed by atoms with Crippen LogP contribution in [0.2, 0.25) is 0 Å². The second-order valence-electron chi connectivity index (χ2n) is 7.29. The molecule has 1 aromatic carbocycles. The molecule has 1 atom stereocenters. The van der Waals surface area contributed by atoms with E-state index in [4.69, 9.17) is 9.15 Å². The van der Waals surface area contributed by atoms with Crippen LogP contribution in [0.25, 0.3) is 0 Å². The minimum atomic E-state index is -0.181. The Morgan fingerprint density at radius 1 is 1.28 bits per heavy atom. The smallest absolute Gasteiger partial charge is 0.277 e. The number of ketones is 1. The van der Waals surface area contributed by atoms with Crippen LogP contribution in [0.3, 0.4) is 0 Å². The third-order valence-corrected chi connectivity index (χ3v) is 5.97. The lowest BCUT2D eigenvalue weighted by Gasteiger charge is -2.32. The van der Waals surface area contributed by atoms with Crippen LogP contribution in [0.15, 0.2) is 21.8 Å². The van der Waals surface area contributed by atoms with E-state index >= 15 is 0 Å². The van der Waals surface area contributed by atoms with Crippen molar-refractivity contribution in [3.05, 3.63) is 34.7 Å². The van der Waals surface area contributed by atoms with Crippen LogP contribution >= 0.6 is 11.8 Å². The number of piperidine rings is 1. The van der Waals surface area contributed by atoms with Crippen molar-refractivity contribution in [1.29, 1.82) is 0 Å². The number of aryl methyl sites for hydroxylation is 3. The van der Waals surface area contributed by atoms with Crippen molar-refractivity contribution in [3.8, 4) is 5.75 Å². The topological polar surface area (TPSA) is 85.5 Å². The quantitative estimate of drug-likeness (QED) is 0.504. The maximum atomic E-state index is 13.1. The summed E-state index contributed by atoms with van der Waals surface area (Å²) >= 11 is 1.24. The van der Waals surface area contributed by atoms with Crippen LogP contribution in [0.4, 0.5) is 0 Å². The van der Waals surface area contributed by atoms with Gasteiger partial charge in [0.1, 0.15) is 5.75 Å². The van der Waals surface area contributed by atoms with Gasteiger partial charge in [-0.2, -0.15) is 0 Å². The molecule has 0 saturated carbocycles. The third kappa shape index (κ3) is 4.98. The maximum Gasteiger partial charge on any atom is 0.277 e. The standard InChI is InChI=1S/C21H27N3O4S/c1-5-17-22-23-21(28-17)29-12-18(25)24-8-6-7-15(11-24)19(26)16-9-13(2)20(27-4)14(3)10-16/h9-10,15H,5-8,11-12H2,1-4H3/t15-/m0/s1. The van der Waals surface area contributed by atoms with Gasteiger partial charge in [-0.15, -0.1) is 10.2 Å². The molecule has 8 heteroatoms. The molecule has 0 bridgehead atoms. The average molecular weight is 418 g/mol. The van der Waals surface area contributed by atoms with Crippen LogP contribution in [0.5, 0.6) is 5.75 Å². The van der Waals surface area contributed by atoms with Crippen molar-refractivity contribution in [2.45, 2.75) is 45.3 Å². The Morgan fingerprint density at radius 3 is 2.62 bits per heavy atom. The maximum absolute atomic E-state index is 13.1. The first kappa shape index (κ1) is 21.4. The molecule has 0 radical (unpaired) electrons. The summed E-state index contributed by atoms with van der Waals surface area (Å²) in [7, 11) is 1.64. The number of carbonyl (C=O) groups excluding carboxylic acids is 2. The van der Waals surface area contributed by atoms with Gasteiger partial charge in [0, 0.05) is 31.0 Å². The minimum absolute atomic E-state index is 0.00848. The van der Waals surface area contributed by atoms with Crippen molar-refractivity contribution in [3.63, 3.8) is 0 Å². The molecule has 1 fully saturated rings. The second-order valence-corrected chi connectivity index (χ2v) is 8.22. The van der Waals surface area contributed by atoms with E-state index < -0.39 is 0 Å². The van der Waals surface area contributed by atoms with Gasteiger partial charge in [-0.3, -0.25) is 9.59 Å². The molecular weight excluding hydrogens is 390 g/mol. The number of hydrogen-bond acceptors (Lipinski definition) is 7. The summed E-state index contributed by atoms with van der Waals surface area (Å²) in [5, 5.41) is 8.24. The summed E-state index contributed by atoms with van der Waals surface area (Å²) < 4.78 is 10.8. The van der Waals surface area contributed by atoms with Crippen molar-refractivity contribution >= 4 is 23.5 Å². The number of ether oxygens (including phenoxy) is 1. The summed E-state index contributed by atoms with van der Waals surface area (Å²) in [5.41, 5.74) is 2.58. The van der Waals surface area contributed by atoms with E-state index in [2.05, 4.69) is 10.2 Å². The Hall–Kier alpha value is -2.35. The molecule has 7 nitrogen and oxygen atoms in total. The van der Waals surface area contributed by atoms with Gasteiger partial charge >= 0.3 is 0 Å². The Balaban J connectivity index is 1.62. The largest absolute Gasteiger partial charge is 0.496 e. The van der Waals surface area contributed by atoms with Gasteiger partial charge in [0.05, 0.1) is 12.9 Å². The highest BCUT2D eigenvalue weighted by molar-refractivity contribution is 7.99. The first-order chi connectivity index (χ1) is 13.9.